The van der Waals surface area contributed by atoms with Gasteiger partial charge < -0.3 is 18.9 Å². The lowest BCUT2D eigenvalue weighted by molar-refractivity contribution is -0.137. The number of carbonyl (C=O) groups is 3. The Labute approximate surface area is 233 Å². The predicted octanol–water partition coefficient (Wildman–Crippen LogP) is 6.76. The van der Waals surface area contributed by atoms with Crippen LogP contribution in [0, 0.1) is 5.92 Å². The third kappa shape index (κ3) is 10.3. The summed E-state index contributed by atoms with van der Waals surface area (Å²) in [6.07, 6.45) is 2.51. The lowest BCUT2D eigenvalue weighted by Gasteiger charge is -2.09. The second-order valence-electron chi connectivity index (χ2n) is 8.93. The van der Waals surface area contributed by atoms with Crippen molar-refractivity contribution in [3.63, 3.8) is 0 Å². The van der Waals surface area contributed by atoms with Crippen molar-refractivity contribution in [1.29, 1.82) is 0 Å². The molecule has 3 rings (SSSR count). The third-order valence-electron chi connectivity index (χ3n) is 5.23. The van der Waals surface area contributed by atoms with Gasteiger partial charge in [-0.05, 0) is 91.6 Å². The summed E-state index contributed by atoms with van der Waals surface area (Å²) in [7, 11) is 0. The zero-order chi connectivity index (χ0) is 28.0. The Kier molecular flexibility index (Phi) is 11.6. The summed E-state index contributed by atoms with van der Waals surface area (Å²) < 4.78 is 21.4. The van der Waals surface area contributed by atoms with E-state index in [-0.39, 0.29) is 0 Å². The molecule has 0 radical (unpaired) electrons. The molecule has 39 heavy (non-hydrogen) atoms. The van der Waals surface area contributed by atoms with E-state index in [2.05, 4.69) is 20.4 Å². The van der Waals surface area contributed by atoms with Gasteiger partial charge in [-0.1, -0.05) is 20.4 Å². The van der Waals surface area contributed by atoms with Crippen LogP contribution in [0.2, 0.25) is 0 Å². The standard InChI is InChI=1S/C31H32O7S/c1-4-29(32)36-20-6-5-19-35-25-11-7-23(8-12-25)30(33)37-26-13-9-24(10-14-26)31(34)38-27-15-17-28(18-16-27)39-21-22(2)3/h4,7-18,22H,1,5-6,19-21H2,2-3H3. The number of unbranched alkanes of at least 4 members (excludes halogenated alkanes) is 1. The van der Waals surface area contributed by atoms with E-state index in [0.29, 0.717) is 60.3 Å². The molecule has 7 nitrogen and oxygen atoms in total. The molecule has 0 aliphatic carbocycles. The van der Waals surface area contributed by atoms with Gasteiger partial charge in [0.15, 0.2) is 0 Å². The fourth-order valence-corrected chi connectivity index (χ4v) is 4.03. The second kappa shape index (κ2) is 15.4. The van der Waals surface area contributed by atoms with E-state index < -0.39 is 17.9 Å². The van der Waals surface area contributed by atoms with Crippen LogP contribution in [-0.2, 0) is 9.53 Å². The van der Waals surface area contributed by atoms with Crippen LogP contribution >= 0.6 is 11.8 Å². The number of esters is 3. The molecule has 0 saturated carbocycles. The highest BCUT2D eigenvalue weighted by molar-refractivity contribution is 7.99. The molecule has 3 aromatic carbocycles. The SMILES string of the molecule is C=CC(=O)OCCCCOc1ccc(C(=O)Oc2ccc(C(=O)Oc3ccc(SCC(C)C)cc3)cc2)cc1. The van der Waals surface area contributed by atoms with Gasteiger partial charge >= 0.3 is 17.9 Å². The number of carbonyl (C=O) groups excluding carboxylic acids is 3. The summed E-state index contributed by atoms with van der Waals surface area (Å²) in [5.41, 5.74) is 0.700. The maximum Gasteiger partial charge on any atom is 0.343 e. The molecule has 3 aromatic rings. The molecule has 204 valence electrons. The first-order valence-electron chi connectivity index (χ1n) is 12.6. The number of ether oxygens (including phenoxy) is 4. The van der Waals surface area contributed by atoms with Crippen LogP contribution in [0.4, 0.5) is 0 Å². The zero-order valence-corrected chi connectivity index (χ0v) is 22.9. The monoisotopic (exact) mass is 548 g/mol. The minimum absolute atomic E-state index is 0.306. The van der Waals surface area contributed by atoms with Crippen molar-refractivity contribution in [3.8, 4) is 17.2 Å². The lowest BCUT2D eigenvalue weighted by atomic mass is 10.2. The van der Waals surface area contributed by atoms with E-state index in [9.17, 15) is 14.4 Å². The van der Waals surface area contributed by atoms with Crippen LogP contribution in [0.25, 0.3) is 0 Å². The Bertz CT molecular complexity index is 1230. The molecule has 0 unspecified atom stereocenters. The van der Waals surface area contributed by atoms with Crippen LogP contribution < -0.4 is 14.2 Å². The van der Waals surface area contributed by atoms with E-state index in [1.807, 2.05) is 12.1 Å². The Morgan fingerprint density at radius 3 is 1.74 bits per heavy atom. The number of hydrogen-bond acceptors (Lipinski definition) is 8. The van der Waals surface area contributed by atoms with Crippen LogP contribution in [0.1, 0.15) is 47.4 Å². The average Bonchev–Trinajstić information content (AvgIpc) is 2.95. The molecule has 0 saturated heterocycles. The molecular weight excluding hydrogens is 516 g/mol. The van der Waals surface area contributed by atoms with Crippen molar-refractivity contribution in [3.05, 3.63) is 96.6 Å². The molecule has 0 aromatic heterocycles. The van der Waals surface area contributed by atoms with Crippen LogP contribution in [0.15, 0.2) is 90.3 Å². The van der Waals surface area contributed by atoms with Gasteiger partial charge in [0.2, 0.25) is 0 Å². The molecule has 0 spiro atoms. The number of thioether (sulfide) groups is 1. The highest BCUT2D eigenvalue weighted by atomic mass is 32.2. The molecule has 8 heteroatoms. The predicted molar refractivity (Wildman–Crippen MR) is 151 cm³/mol. The Balaban J connectivity index is 1.43. The third-order valence-corrected chi connectivity index (χ3v) is 6.67. The molecule has 0 atom stereocenters. The molecule has 0 fully saturated rings. The van der Waals surface area contributed by atoms with E-state index >= 15 is 0 Å². The highest BCUT2D eigenvalue weighted by Crippen LogP contribution is 2.24. The average molecular weight is 549 g/mol. The van der Waals surface area contributed by atoms with Crippen LogP contribution in [0.3, 0.4) is 0 Å². The zero-order valence-electron chi connectivity index (χ0n) is 22.1. The molecule has 0 bridgehead atoms. The number of hydrogen-bond donors (Lipinski definition) is 0. The minimum Gasteiger partial charge on any atom is -0.494 e. The number of rotatable bonds is 14. The molecule has 0 aliphatic heterocycles. The molecule has 0 heterocycles. The van der Waals surface area contributed by atoms with Crippen molar-refractivity contribution in [2.75, 3.05) is 19.0 Å². The minimum atomic E-state index is -0.531. The van der Waals surface area contributed by atoms with Gasteiger partial charge in [0.1, 0.15) is 17.2 Å². The van der Waals surface area contributed by atoms with Gasteiger partial charge in [-0.15, -0.1) is 11.8 Å². The quantitative estimate of drug-likeness (QED) is 0.0718. The largest absolute Gasteiger partial charge is 0.494 e. The summed E-state index contributed by atoms with van der Waals surface area (Å²) in [6.45, 7) is 8.44. The molecule has 0 aliphatic rings. The Hall–Kier alpha value is -4.04. The first-order valence-corrected chi connectivity index (χ1v) is 13.6. The van der Waals surface area contributed by atoms with Crippen LogP contribution in [-0.4, -0.2) is 36.9 Å². The van der Waals surface area contributed by atoms with Gasteiger partial charge in [0.25, 0.3) is 0 Å². The summed E-state index contributed by atoms with van der Waals surface area (Å²) in [5.74, 6) is 1.54. The lowest BCUT2D eigenvalue weighted by Crippen LogP contribution is -2.10. The van der Waals surface area contributed by atoms with Crippen molar-refractivity contribution in [1.82, 2.24) is 0 Å². The van der Waals surface area contributed by atoms with Gasteiger partial charge in [0.05, 0.1) is 24.3 Å². The second-order valence-corrected chi connectivity index (χ2v) is 10.0. The van der Waals surface area contributed by atoms with Crippen molar-refractivity contribution < 1.29 is 33.3 Å². The van der Waals surface area contributed by atoms with E-state index in [1.165, 1.54) is 0 Å². The van der Waals surface area contributed by atoms with Gasteiger partial charge in [-0.25, -0.2) is 14.4 Å². The van der Waals surface area contributed by atoms with Crippen LogP contribution in [0.5, 0.6) is 17.2 Å². The van der Waals surface area contributed by atoms with Gasteiger partial charge in [0, 0.05) is 16.7 Å². The van der Waals surface area contributed by atoms with Crippen molar-refractivity contribution in [2.45, 2.75) is 31.6 Å². The summed E-state index contributed by atoms with van der Waals surface area (Å²) in [4.78, 5) is 37.1. The molecule has 0 amide bonds. The topological polar surface area (TPSA) is 88.1 Å². The van der Waals surface area contributed by atoms with E-state index in [0.717, 1.165) is 16.7 Å². The fourth-order valence-electron chi connectivity index (χ4n) is 3.17. The summed E-state index contributed by atoms with van der Waals surface area (Å²) in [6, 6.07) is 20.2. The van der Waals surface area contributed by atoms with Gasteiger partial charge in [-0.2, -0.15) is 0 Å². The Morgan fingerprint density at radius 1 is 0.744 bits per heavy atom. The Morgan fingerprint density at radius 2 is 1.23 bits per heavy atom. The number of benzene rings is 3. The summed E-state index contributed by atoms with van der Waals surface area (Å²) in [5, 5.41) is 0. The first-order chi connectivity index (χ1) is 18.8. The van der Waals surface area contributed by atoms with E-state index in [4.69, 9.17) is 18.9 Å². The maximum absolute atomic E-state index is 12.5. The molecular formula is C31H32O7S. The van der Waals surface area contributed by atoms with E-state index in [1.54, 1.807) is 72.4 Å². The van der Waals surface area contributed by atoms with Crippen molar-refractivity contribution >= 4 is 29.7 Å². The first kappa shape index (κ1) is 29.5. The summed E-state index contributed by atoms with van der Waals surface area (Å²) >= 11 is 1.76. The van der Waals surface area contributed by atoms with Gasteiger partial charge in [-0.3, -0.25) is 0 Å². The smallest absolute Gasteiger partial charge is 0.343 e. The fraction of sp³-hybridized carbons (Fsp3) is 0.258. The molecule has 0 N–H and O–H groups in total. The normalized spacial score (nSPS) is 10.5. The maximum atomic E-state index is 12.5. The highest BCUT2D eigenvalue weighted by Gasteiger charge is 2.12. The van der Waals surface area contributed by atoms with Crippen molar-refractivity contribution in [2.24, 2.45) is 5.92 Å².